The smallest absolute Gasteiger partial charge is 0.167 e. The van der Waals surface area contributed by atoms with E-state index in [4.69, 9.17) is 4.74 Å². The molecule has 0 atom stereocenters. The molecule has 0 aromatic carbocycles. The molecule has 0 fully saturated rings. The molecule has 0 radical (unpaired) electrons. The summed E-state index contributed by atoms with van der Waals surface area (Å²) >= 11 is 0. The molecule has 0 N–H and O–H groups in total. The average Bonchev–Trinajstić information content (AvgIpc) is 1.66. The zero-order valence-electron chi connectivity index (χ0n) is 5.18. The zero-order valence-corrected chi connectivity index (χ0v) is 5.18. The number of allylic oxidation sites excluding steroid dienone is 1. The third kappa shape index (κ3) is 5.21. The summed E-state index contributed by atoms with van der Waals surface area (Å²) in [6.45, 7) is 3.51. The molecule has 0 aromatic rings. The van der Waals surface area contributed by atoms with E-state index in [0.29, 0.717) is 0 Å². The molecule has 0 heterocycles. The van der Waals surface area contributed by atoms with Crippen LogP contribution in [0.3, 0.4) is 0 Å². The minimum Gasteiger partial charge on any atom is -0.494 e. The molecular weight excluding hydrogens is 104 g/mol. The van der Waals surface area contributed by atoms with Gasteiger partial charge >= 0.3 is 0 Å². The predicted octanol–water partition coefficient (Wildman–Crippen LogP) is 1.13. The summed E-state index contributed by atoms with van der Waals surface area (Å²) in [4.78, 5) is 10.2. The van der Waals surface area contributed by atoms with Gasteiger partial charge in [-0.3, -0.25) is 4.79 Å². The van der Waals surface area contributed by atoms with E-state index in [9.17, 15) is 4.79 Å². The number of carbonyl (C=O) groups excluding carboxylic acids is 1. The minimum absolute atomic E-state index is 0.0445. The number of Topliss-reactive ketones (excluding diaryl/α,β-unsaturated/α-hetero) is 1. The fraction of sp³-hybridized carbons (Fsp3) is 0.500. The molecule has 0 aliphatic carbocycles. The molecule has 0 amide bonds. The maximum absolute atomic E-state index is 10.2. The third-order valence-electron chi connectivity index (χ3n) is 0.519. The molecule has 46 valence electrons. The number of rotatable bonds is 3. The first kappa shape index (κ1) is 7.21. The highest BCUT2D eigenvalue weighted by Gasteiger charge is 1.85. The van der Waals surface area contributed by atoms with Crippen LogP contribution in [0, 0.1) is 0 Å². The van der Waals surface area contributed by atoms with E-state index < -0.39 is 0 Å². The first-order valence-corrected chi connectivity index (χ1v) is 2.49. The lowest BCUT2D eigenvalue weighted by Crippen LogP contribution is -1.98. The molecule has 0 aliphatic heterocycles. The molecule has 0 aromatic heterocycles. The highest BCUT2D eigenvalue weighted by Crippen LogP contribution is 1.76. The van der Waals surface area contributed by atoms with Gasteiger partial charge in [0.1, 0.15) is 6.61 Å². The first-order chi connectivity index (χ1) is 3.77. The normalized spacial score (nSPS) is 9.75. The van der Waals surface area contributed by atoms with Gasteiger partial charge < -0.3 is 4.74 Å². The van der Waals surface area contributed by atoms with Crippen molar-refractivity contribution in [3.8, 4) is 0 Å². The van der Waals surface area contributed by atoms with Gasteiger partial charge in [0.05, 0.1) is 6.26 Å². The maximum atomic E-state index is 10.2. The molecule has 2 heteroatoms. The van der Waals surface area contributed by atoms with E-state index in [1.807, 2.05) is 6.92 Å². The van der Waals surface area contributed by atoms with E-state index in [-0.39, 0.29) is 12.4 Å². The number of hydrogen-bond donors (Lipinski definition) is 0. The standard InChI is InChI=1S/C6H10O2/c1-3-4-8-5-6(2)7/h3-4H,5H2,1-2H3/b4-3+. The summed E-state index contributed by atoms with van der Waals surface area (Å²) in [5, 5.41) is 0. The van der Waals surface area contributed by atoms with Gasteiger partial charge in [-0.15, -0.1) is 0 Å². The molecule has 0 rings (SSSR count). The predicted molar refractivity (Wildman–Crippen MR) is 31.4 cm³/mol. The lowest BCUT2D eigenvalue weighted by atomic mass is 10.5. The second-order valence-corrected chi connectivity index (χ2v) is 1.48. The van der Waals surface area contributed by atoms with E-state index >= 15 is 0 Å². The number of ketones is 1. The van der Waals surface area contributed by atoms with Crippen LogP contribution in [0.2, 0.25) is 0 Å². The van der Waals surface area contributed by atoms with Crippen molar-refractivity contribution in [3.05, 3.63) is 12.3 Å². The Bertz CT molecular complexity index is 94.7. The van der Waals surface area contributed by atoms with Crippen molar-refractivity contribution >= 4 is 5.78 Å². The summed E-state index contributed by atoms with van der Waals surface area (Å²) < 4.78 is 4.71. The molecule has 0 unspecified atom stereocenters. The number of carbonyl (C=O) groups is 1. The van der Waals surface area contributed by atoms with E-state index in [1.165, 1.54) is 13.2 Å². The van der Waals surface area contributed by atoms with Crippen molar-refractivity contribution in [2.45, 2.75) is 13.8 Å². The zero-order chi connectivity index (χ0) is 6.41. The van der Waals surface area contributed by atoms with Gasteiger partial charge in [-0.2, -0.15) is 0 Å². The summed E-state index contributed by atoms with van der Waals surface area (Å²) in [7, 11) is 0. The van der Waals surface area contributed by atoms with E-state index in [1.54, 1.807) is 6.08 Å². The van der Waals surface area contributed by atoms with Crippen LogP contribution in [0.4, 0.5) is 0 Å². The molecule has 0 aliphatic rings. The Kier molecular flexibility index (Phi) is 3.94. The molecular formula is C6H10O2. The lowest BCUT2D eigenvalue weighted by molar-refractivity contribution is -0.119. The molecule has 8 heavy (non-hydrogen) atoms. The third-order valence-corrected chi connectivity index (χ3v) is 0.519. The van der Waals surface area contributed by atoms with Crippen molar-refractivity contribution in [3.63, 3.8) is 0 Å². The Morgan fingerprint density at radius 3 is 2.75 bits per heavy atom. The van der Waals surface area contributed by atoms with Crippen LogP contribution in [-0.4, -0.2) is 12.4 Å². The van der Waals surface area contributed by atoms with Gasteiger partial charge in [-0.25, -0.2) is 0 Å². The summed E-state index contributed by atoms with van der Waals surface area (Å²) in [6, 6.07) is 0. The molecule has 2 nitrogen and oxygen atoms in total. The SMILES string of the molecule is C/C=C/OCC(C)=O. The monoisotopic (exact) mass is 114 g/mol. The summed E-state index contributed by atoms with van der Waals surface area (Å²) in [5.74, 6) is 0.0445. The Morgan fingerprint density at radius 2 is 2.38 bits per heavy atom. The lowest BCUT2D eigenvalue weighted by Gasteiger charge is -1.91. The number of hydrogen-bond acceptors (Lipinski definition) is 2. The van der Waals surface area contributed by atoms with Gasteiger partial charge in [0.2, 0.25) is 0 Å². The minimum atomic E-state index is 0.0445. The van der Waals surface area contributed by atoms with Gasteiger partial charge in [0, 0.05) is 0 Å². The Morgan fingerprint density at radius 1 is 1.75 bits per heavy atom. The van der Waals surface area contributed by atoms with Gasteiger partial charge in [-0.05, 0) is 13.8 Å². The second kappa shape index (κ2) is 4.37. The quantitative estimate of drug-likeness (QED) is 0.514. The van der Waals surface area contributed by atoms with E-state index in [0.717, 1.165) is 0 Å². The summed E-state index contributed by atoms with van der Waals surface area (Å²) in [6.07, 6.45) is 3.24. The van der Waals surface area contributed by atoms with Crippen LogP contribution in [0.25, 0.3) is 0 Å². The van der Waals surface area contributed by atoms with Gasteiger partial charge in [0.25, 0.3) is 0 Å². The van der Waals surface area contributed by atoms with Crippen molar-refractivity contribution in [1.29, 1.82) is 0 Å². The van der Waals surface area contributed by atoms with Crippen molar-refractivity contribution < 1.29 is 9.53 Å². The highest BCUT2D eigenvalue weighted by atomic mass is 16.5. The Labute approximate surface area is 49.1 Å². The molecule has 0 saturated heterocycles. The fourth-order valence-corrected chi connectivity index (χ4v) is 0.262. The largest absolute Gasteiger partial charge is 0.494 e. The maximum Gasteiger partial charge on any atom is 0.167 e. The van der Waals surface area contributed by atoms with Crippen LogP contribution in [-0.2, 0) is 9.53 Å². The first-order valence-electron chi connectivity index (χ1n) is 2.49. The van der Waals surface area contributed by atoms with Crippen LogP contribution in [0.5, 0.6) is 0 Å². The Balaban J connectivity index is 3.05. The van der Waals surface area contributed by atoms with E-state index in [2.05, 4.69) is 0 Å². The van der Waals surface area contributed by atoms with Crippen molar-refractivity contribution in [2.75, 3.05) is 6.61 Å². The fourth-order valence-electron chi connectivity index (χ4n) is 0.262. The van der Waals surface area contributed by atoms with Crippen molar-refractivity contribution in [2.24, 2.45) is 0 Å². The van der Waals surface area contributed by atoms with Crippen molar-refractivity contribution in [1.82, 2.24) is 0 Å². The van der Waals surface area contributed by atoms with Crippen LogP contribution < -0.4 is 0 Å². The van der Waals surface area contributed by atoms with Crippen LogP contribution in [0.1, 0.15) is 13.8 Å². The second-order valence-electron chi connectivity index (χ2n) is 1.48. The van der Waals surface area contributed by atoms with Gasteiger partial charge in [-0.1, -0.05) is 6.08 Å². The topological polar surface area (TPSA) is 26.3 Å². The Hall–Kier alpha value is -0.790. The molecule has 0 bridgehead atoms. The molecule has 0 spiro atoms. The van der Waals surface area contributed by atoms with Crippen LogP contribution in [0.15, 0.2) is 12.3 Å². The van der Waals surface area contributed by atoms with Gasteiger partial charge in [0.15, 0.2) is 5.78 Å². The average molecular weight is 114 g/mol. The molecule has 0 saturated carbocycles. The highest BCUT2D eigenvalue weighted by molar-refractivity contribution is 5.76. The number of ether oxygens (including phenoxy) is 1. The summed E-state index contributed by atoms with van der Waals surface area (Å²) in [5.41, 5.74) is 0. The van der Waals surface area contributed by atoms with Crippen LogP contribution >= 0.6 is 0 Å².